The van der Waals surface area contributed by atoms with Crippen molar-refractivity contribution in [1.82, 2.24) is 15.0 Å². The van der Waals surface area contributed by atoms with E-state index in [0.29, 0.717) is 5.82 Å². The molecule has 30 heavy (non-hydrogen) atoms. The van der Waals surface area contributed by atoms with Gasteiger partial charge in [-0.3, -0.25) is 4.98 Å². The molecule has 1 saturated heterocycles. The van der Waals surface area contributed by atoms with E-state index in [2.05, 4.69) is 27.4 Å². The minimum atomic E-state index is -0.220. The zero-order chi connectivity index (χ0) is 20.3. The molecule has 0 amide bonds. The molecule has 150 valence electrons. The van der Waals surface area contributed by atoms with E-state index in [-0.39, 0.29) is 6.10 Å². The minimum Gasteiger partial charge on any atom is -0.393 e. The predicted octanol–water partition coefficient (Wildman–Crippen LogP) is 4.90. The van der Waals surface area contributed by atoms with Crippen LogP contribution in [-0.2, 0) is 0 Å². The summed E-state index contributed by atoms with van der Waals surface area (Å²) in [6.07, 6.45) is 5.05. The van der Waals surface area contributed by atoms with Gasteiger partial charge in [0.05, 0.1) is 11.8 Å². The lowest BCUT2D eigenvalue weighted by Crippen LogP contribution is -2.36. The smallest absolute Gasteiger partial charge is 0.162 e. The highest BCUT2D eigenvalue weighted by molar-refractivity contribution is 7.13. The van der Waals surface area contributed by atoms with Crippen molar-refractivity contribution in [1.29, 1.82) is 0 Å². The number of hydrogen-bond donors (Lipinski definition) is 1. The van der Waals surface area contributed by atoms with Gasteiger partial charge in [0.25, 0.3) is 0 Å². The normalized spacial score (nSPS) is 14.8. The average Bonchev–Trinajstić information content (AvgIpc) is 3.35. The molecule has 1 aromatic carbocycles. The van der Waals surface area contributed by atoms with Gasteiger partial charge in [0.15, 0.2) is 5.82 Å². The summed E-state index contributed by atoms with van der Waals surface area (Å²) >= 11 is 1.70. The fourth-order valence-corrected chi connectivity index (χ4v) is 4.42. The summed E-state index contributed by atoms with van der Waals surface area (Å²) in [6, 6.07) is 18.4. The van der Waals surface area contributed by atoms with Crippen LogP contribution in [0.4, 0.5) is 5.82 Å². The summed E-state index contributed by atoms with van der Waals surface area (Å²) in [4.78, 5) is 17.6. The summed E-state index contributed by atoms with van der Waals surface area (Å²) < 4.78 is 0. The van der Waals surface area contributed by atoms with Gasteiger partial charge in [0.2, 0.25) is 0 Å². The predicted molar refractivity (Wildman–Crippen MR) is 121 cm³/mol. The zero-order valence-corrected chi connectivity index (χ0v) is 17.3. The number of hydrogen-bond acceptors (Lipinski definition) is 6. The van der Waals surface area contributed by atoms with E-state index in [4.69, 9.17) is 9.97 Å². The van der Waals surface area contributed by atoms with Crippen molar-refractivity contribution in [3.8, 4) is 33.1 Å². The molecule has 3 aromatic heterocycles. The largest absolute Gasteiger partial charge is 0.393 e. The van der Waals surface area contributed by atoms with E-state index in [0.717, 1.165) is 54.1 Å². The lowest BCUT2D eigenvalue weighted by molar-refractivity contribution is 0.145. The van der Waals surface area contributed by atoms with Crippen molar-refractivity contribution in [2.24, 2.45) is 0 Å². The summed E-state index contributed by atoms with van der Waals surface area (Å²) in [5.74, 6) is 1.60. The van der Waals surface area contributed by atoms with Crippen molar-refractivity contribution >= 4 is 17.2 Å². The molecule has 1 aliphatic rings. The van der Waals surface area contributed by atoms with Crippen LogP contribution in [0.3, 0.4) is 0 Å². The summed E-state index contributed by atoms with van der Waals surface area (Å²) in [7, 11) is 0. The van der Waals surface area contributed by atoms with E-state index in [1.54, 1.807) is 11.3 Å². The summed E-state index contributed by atoms with van der Waals surface area (Å²) in [5.41, 5.74) is 3.90. The van der Waals surface area contributed by atoms with Gasteiger partial charge in [0, 0.05) is 53.1 Å². The maximum absolute atomic E-state index is 9.89. The van der Waals surface area contributed by atoms with Gasteiger partial charge in [-0.2, -0.15) is 0 Å². The molecule has 0 aliphatic carbocycles. The van der Waals surface area contributed by atoms with Crippen LogP contribution in [0.25, 0.3) is 33.1 Å². The maximum atomic E-state index is 9.89. The molecule has 0 atom stereocenters. The second kappa shape index (κ2) is 8.34. The molecule has 0 bridgehead atoms. The molecule has 1 N–H and O–H groups in total. The van der Waals surface area contributed by atoms with Crippen molar-refractivity contribution < 1.29 is 5.11 Å². The Morgan fingerprint density at radius 3 is 2.43 bits per heavy atom. The highest BCUT2D eigenvalue weighted by Crippen LogP contribution is 2.31. The van der Waals surface area contributed by atoms with Gasteiger partial charge in [0.1, 0.15) is 5.82 Å². The Hall–Kier alpha value is -3.09. The molecule has 6 heteroatoms. The van der Waals surface area contributed by atoms with Crippen molar-refractivity contribution in [2.75, 3.05) is 18.0 Å². The van der Waals surface area contributed by atoms with Crippen LogP contribution < -0.4 is 4.90 Å². The number of pyridine rings is 1. The van der Waals surface area contributed by atoms with Gasteiger partial charge in [-0.25, -0.2) is 9.97 Å². The van der Waals surface area contributed by atoms with Gasteiger partial charge >= 0.3 is 0 Å². The number of nitrogens with zero attached hydrogens (tertiary/aromatic N) is 4. The van der Waals surface area contributed by atoms with E-state index >= 15 is 0 Å². The van der Waals surface area contributed by atoms with Gasteiger partial charge in [-0.15, -0.1) is 11.3 Å². The van der Waals surface area contributed by atoms with Crippen LogP contribution in [0.5, 0.6) is 0 Å². The second-order valence-electron chi connectivity index (χ2n) is 7.46. The first-order valence-electron chi connectivity index (χ1n) is 10.1. The number of aromatic nitrogens is 3. The van der Waals surface area contributed by atoms with E-state index in [1.807, 2.05) is 54.9 Å². The minimum absolute atomic E-state index is 0.220. The Kier molecular flexibility index (Phi) is 5.26. The Balaban J connectivity index is 1.59. The van der Waals surface area contributed by atoms with Crippen LogP contribution >= 0.6 is 11.3 Å². The van der Waals surface area contributed by atoms with Crippen LogP contribution in [-0.4, -0.2) is 39.3 Å². The molecule has 4 heterocycles. The molecule has 0 radical (unpaired) electrons. The summed E-state index contributed by atoms with van der Waals surface area (Å²) in [5, 5.41) is 12.0. The fourth-order valence-electron chi connectivity index (χ4n) is 3.71. The lowest BCUT2D eigenvalue weighted by Gasteiger charge is -2.30. The highest BCUT2D eigenvalue weighted by Gasteiger charge is 2.20. The number of aliphatic hydroxyl groups excluding tert-OH is 1. The average molecular weight is 415 g/mol. The second-order valence-corrected chi connectivity index (χ2v) is 8.41. The standard InChI is InChI=1S/C24H22N4OS/c29-20-8-10-28(11-9-20)23-14-21(26-24(27-23)17-5-2-1-3-6-17)18-13-19(16-25-15-18)22-7-4-12-30-22/h1-7,12-16,20,29H,8-11H2. The molecular weight excluding hydrogens is 392 g/mol. The third kappa shape index (κ3) is 3.97. The fraction of sp³-hybridized carbons (Fsp3) is 0.208. The highest BCUT2D eigenvalue weighted by atomic mass is 32.1. The number of benzene rings is 1. The van der Waals surface area contributed by atoms with E-state index < -0.39 is 0 Å². The SMILES string of the molecule is OC1CCN(c2cc(-c3cncc(-c4cccs4)c3)nc(-c3ccccc3)n2)CC1. The molecule has 5 rings (SSSR count). The first kappa shape index (κ1) is 18.9. The molecule has 1 aliphatic heterocycles. The van der Waals surface area contributed by atoms with Gasteiger partial charge in [-0.05, 0) is 30.4 Å². The van der Waals surface area contributed by atoms with Crippen molar-refractivity contribution in [3.63, 3.8) is 0 Å². The first-order chi connectivity index (χ1) is 14.8. The zero-order valence-electron chi connectivity index (χ0n) is 16.5. The molecule has 0 saturated carbocycles. The Labute approximate surface area is 179 Å². The number of piperidine rings is 1. The number of aliphatic hydroxyl groups is 1. The Morgan fingerprint density at radius 1 is 0.867 bits per heavy atom. The van der Waals surface area contributed by atoms with Gasteiger partial charge in [-0.1, -0.05) is 36.4 Å². The first-order valence-corrected chi connectivity index (χ1v) is 11.0. The maximum Gasteiger partial charge on any atom is 0.162 e. The molecule has 0 spiro atoms. The third-order valence-corrected chi connectivity index (χ3v) is 6.29. The van der Waals surface area contributed by atoms with E-state index in [1.165, 1.54) is 4.88 Å². The van der Waals surface area contributed by atoms with Crippen molar-refractivity contribution in [3.05, 3.63) is 72.4 Å². The van der Waals surface area contributed by atoms with Crippen LogP contribution in [0.2, 0.25) is 0 Å². The topological polar surface area (TPSA) is 62.1 Å². The lowest BCUT2D eigenvalue weighted by atomic mass is 10.1. The molecule has 0 unspecified atom stereocenters. The van der Waals surface area contributed by atoms with Crippen LogP contribution in [0, 0.1) is 0 Å². The van der Waals surface area contributed by atoms with Gasteiger partial charge < -0.3 is 10.0 Å². The number of thiophene rings is 1. The summed E-state index contributed by atoms with van der Waals surface area (Å²) in [6.45, 7) is 1.58. The Morgan fingerprint density at radius 2 is 1.67 bits per heavy atom. The quantitative estimate of drug-likeness (QED) is 0.515. The third-order valence-electron chi connectivity index (χ3n) is 5.37. The number of rotatable bonds is 4. The van der Waals surface area contributed by atoms with Crippen LogP contribution in [0.1, 0.15) is 12.8 Å². The Bertz CT molecular complexity index is 1120. The van der Waals surface area contributed by atoms with Crippen LogP contribution in [0.15, 0.2) is 72.4 Å². The van der Waals surface area contributed by atoms with Crippen molar-refractivity contribution in [2.45, 2.75) is 18.9 Å². The molecule has 1 fully saturated rings. The molecule has 5 nitrogen and oxygen atoms in total. The van der Waals surface area contributed by atoms with E-state index in [9.17, 15) is 5.11 Å². The number of anilines is 1. The molecule has 4 aromatic rings. The molecular formula is C24H22N4OS. The monoisotopic (exact) mass is 414 g/mol.